The van der Waals surface area contributed by atoms with Crippen LogP contribution < -0.4 is 10.1 Å². The number of benzene rings is 6. The van der Waals surface area contributed by atoms with Crippen molar-refractivity contribution in [3.05, 3.63) is 203 Å². The van der Waals surface area contributed by atoms with Gasteiger partial charge in [-0.3, -0.25) is 4.90 Å². The molecule has 7 heteroatoms. The van der Waals surface area contributed by atoms with E-state index in [1.54, 1.807) is 14.2 Å². The van der Waals surface area contributed by atoms with E-state index >= 15 is 0 Å². The fraction of sp³-hybridized carbons (Fsp3) is 0.250. The predicted molar refractivity (Wildman–Crippen MR) is 235 cm³/mol. The van der Waals surface area contributed by atoms with Crippen molar-refractivity contribution in [3.8, 4) is 17.6 Å². The van der Waals surface area contributed by atoms with E-state index < -0.39 is 11.1 Å². The maximum absolute atomic E-state index is 14.2. The van der Waals surface area contributed by atoms with Crippen molar-refractivity contribution in [1.82, 2.24) is 9.80 Å². The number of hydrogen-bond acceptors (Lipinski definition) is 5. The molecule has 0 unspecified atom stereocenters. The van der Waals surface area contributed by atoms with Crippen molar-refractivity contribution >= 4 is 11.7 Å². The molecule has 59 heavy (non-hydrogen) atoms. The average Bonchev–Trinajstić information content (AvgIpc) is 3.29. The van der Waals surface area contributed by atoms with Crippen LogP contribution in [0, 0.1) is 11.8 Å². The van der Waals surface area contributed by atoms with Crippen LogP contribution in [-0.4, -0.2) is 74.5 Å². The van der Waals surface area contributed by atoms with Gasteiger partial charge in [0, 0.05) is 49.0 Å². The van der Waals surface area contributed by atoms with Gasteiger partial charge in [0.2, 0.25) is 0 Å². The first-order chi connectivity index (χ1) is 29.0. The number of carbonyl (C=O) groups excluding carboxylic acids is 1. The number of hydrogen-bond donors (Lipinski definition) is 1. The van der Waals surface area contributed by atoms with Crippen LogP contribution in [0.4, 0.5) is 10.5 Å². The van der Waals surface area contributed by atoms with E-state index in [1.165, 1.54) is 0 Å². The molecule has 0 bridgehead atoms. The highest BCUT2D eigenvalue weighted by Crippen LogP contribution is 2.52. The highest BCUT2D eigenvalue weighted by molar-refractivity contribution is 5.89. The minimum Gasteiger partial charge on any atom is -0.497 e. The van der Waals surface area contributed by atoms with E-state index in [0.29, 0.717) is 26.3 Å². The summed E-state index contributed by atoms with van der Waals surface area (Å²) in [5, 5.41) is 3.16. The maximum atomic E-state index is 14.2. The molecule has 2 aliphatic heterocycles. The van der Waals surface area contributed by atoms with Gasteiger partial charge in [0.25, 0.3) is 0 Å². The molecule has 2 fully saturated rings. The molecule has 6 aromatic rings. The molecule has 0 aliphatic carbocycles. The number of ether oxygens (including phenoxy) is 3. The first-order valence-electron chi connectivity index (χ1n) is 20.5. The Morgan fingerprint density at radius 3 is 1.75 bits per heavy atom. The number of rotatable bonds is 11. The topological polar surface area (TPSA) is 63.3 Å². The Labute approximate surface area is 348 Å². The van der Waals surface area contributed by atoms with Crippen molar-refractivity contribution < 1.29 is 19.0 Å². The minimum atomic E-state index is -0.877. The zero-order chi connectivity index (χ0) is 40.5. The average molecular weight is 782 g/mol. The molecule has 2 heterocycles. The Morgan fingerprint density at radius 1 is 0.678 bits per heavy atom. The van der Waals surface area contributed by atoms with Gasteiger partial charge in [-0.2, -0.15) is 0 Å². The smallest absolute Gasteiger partial charge is 0.321 e. The molecule has 2 aliphatic rings. The Morgan fingerprint density at radius 2 is 1.20 bits per heavy atom. The highest BCUT2D eigenvalue weighted by atomic mass is 16.5. The van der Waals surface area contributed by atoms with E-state index in [0.717, 1.165) is 64.2 Å². The summed E-state index contributed by atoms with van der Waals surface area (Å²) in [4.78, 5) is 18.7. The van der Waals surface area contributed by atoms with E-state index in [4.69, 9.17) is 14.2 Å². The van der Waals surface area contributed by atoms with Crippen LogP contribution in [0.3, 0.4) is 0 Å². The summed E-state index contributed by atoms with van der Waals surface area (Å²) in [5.74, 6) is 7.37. The standard InChI is InChI=1S/C52H51N3O4/c1-57-39-51-38-54(50(56)53-46-31-33-47(58-2)34-32-46)35-15-16-36-55(51)48(49(51)42-29-27-41(28-30-42)26-25-40-17-7-3-8-18-40)37-59-52(43-19-9-4-10-20-43,44-21-11-5-12-22-44)45-23-13-6-14-24-45/h3-14,17-24,27-34,48-49H,15-16,35-39H2,1-2H3,(H,53,56)/t48-,49+,51-/m1/s1. The molecular formula is C52H51N3O4. The highest BCUT2D eigenvalue weighted by Gasteiger charge is 2.62. The van der Waals surface area contributed by atoms with Crippen LogP contribution in [-0.2, 0) is 15.1 Å². The van der Waals surface area contributed by atoms with Gasteiger partial charge in [0.15, 0.2) is 0 Å². The van der Waals surface area contributed by atoms with Crippen LogP contribution in [0.5, 0.6) is 5.75 Å². The van der Waals surface area contributed by atoms with E-state index in [-0.39, 0.29) is 18.0 Å². The van der Waals surface area contributed by atoms with Crippen LogP contribution in [0.15, 0.2) is 170 Å². The molecule has 8 rings (SSSR count). The van der Waals surface area contributed by atoms with Gasteiger partial charge in [-0.1, -0.05) is 133 Å². The fourth-order valence-electron chi connectivity index (χ4n) is 9.19. The van der Waals surface area contributed by atoms with E-state index in [1.807, 2.05) is 59.5 Å². The summed E-state index contributed by atoms with van der Waals surface area (Å²) in [6, 6.07) is 57.7. The molecule has 0 spiro atoms. The second-order valence-corrected chi connectivity index (χ2v) is 15.4. The Balaban J connectivity index is 1.19. The molecule has 3 atom stereocenters. The Hall–Kier alpha value is -6.17. The number of anilines is 1. The summed E-state index contributed by atoms with van der Waals surface area (Å²) in [5.41, 5.74) is 5.59. The number of nitrogens with one attached hydrogen (secondary N) is 1. The van der Waals surface area contributed by atoms with Crippen LogP contribution >= 0.6 is 0 Å². The molecular weight excluding hydrogens is 731 g/mol. The van der Waals surface area contributed by atoms with Crippen LogP contribution in [0.1, 0.15) is 52.1 Å². The lowest BCUT2D eigenvalue weighted by molar-refractivity contribution is -0.175. The third-order valence-corrected chi connectivity index (χ3v) is 11.9. The normalized spacial score (nSPS) is 19.2. The van der Waals surface area contributed by atoms with Gasteiger partial charge in [-0.25, -0.2) is 4.79 Å². The van der Waals surface area contributed by atoms with Gasteiger partial charge in [0.1, 0.15) is 11.4 Å². The number of carbonyl (C=O) groups is 1. The number of methoxy groups -OCH3 is 2. The van der Waals surface area contributed by atoms with Crippen molar-refractivity contribution in [2.45, 2.75) is 35.9 Å². The summed E-state index contributed by atoms with van der Waals surface area (Å²) in [6.45, 7) is 2.86. The fourth-order valence-corrected chi connectivity index (χ4v) is 9.19. The number of fused-ring (bicyclic) bond motifs is 1. The first kappa shape index (κ1) is 39.6. The number of nitrogens with zero attached hydrogens (tertiary/aromatic N) is 2. The third-order valence-electron chi connectivity index (χ3n) is 11.9. The molecule has 0 aromatic heterocycles. The maximum Gasteiger partial charge on any atom is 0.321 e. The van der Waals surface area contributed by atoms with E-state index in [9.17, 15) is 4.79 Å². The molecule has 7 nitrogen and oxygen atoms in total. The number of urea groups is 1. The zero-order valence-corrected chi connectivity index (χ0v) is 33.8. The summed E-state index contributed by atoms with van der Waals surface area (Å²) in [7, 11) is 3.40. The molecule has 0 radical (unpaired) electrons. The molecule has 2 saturated heterocycles. The summed E-state index contributed by atoms with van der Waals surface area (Å²) in [6.07, 6.45) is 1.81. The lowest BCUT2D eigenvalue weighted by Crippen LogP contribution is -2.78. The largest absolute Gasteiger partial charge is 0.497 e. The van der Waals surface area contributed by atoms with Gasteiger partial charge in [0.05, 0.1) is 25.9 Å². The number of amides is 2. The van der Waals surface area contributed by atoms with Gasteiger partial charge >= 0.3 is 6.03 Å². The Bertz CT molecular complexity index is 2230. The lowest BCUT2D eigenvalue weighted by atomic mass is 9.64. The van der Waals surface area contributed by atoms with Gasteiger partial charge in [-0.15, -0.1) is 0 Å². The van der Waals surface area contributed by atoms with Crippen LogP contribution in [0.25, 0.3) is 0 Å². The molecule has 298 valence electrons. The molecule has 0 saturated carbocycles. The second kappa shape index (κ2) is 18.2. The quantitative estimate of drug-likeness (QED) is 0.105. The monoisotopic (exact) mass is 781 g/mol. The van der Waals surface area contributed by atoms with Gasteiger partial charge in [-0.05, 0) is 90.2 Å². The minimum absolute atomic E-state index is 0.0217. The molecule has 1 N–H and O–H groups in total. The van der Waals surface area contributed by atoms with Crippen molar-refractivity contribution in [1.29, 1.82) is 0 Å². The molecule has 6 aromatic carbocycles. The van der Waals surface area contributed by atoms with Crippen molar-refractivity contribution in [3.63, 3.8) is 0 Å². The summed E-state index contributed by atoms with van der Waals surface area (Å²) < 4.78 is 19.1. The molecule has 2 amide bonds. The van der Waals surface area contributed by atoms with Crippen molar-refractivity contribution in [2.24, 2.45) is 0 Å². The van der Waals surface area contributed by atoms with Crippen molar-refractivity contribution in [2.75, 3.05) is 52.4 Å². The third kappa shape index (κ3) is 8.26. The first-order valence-corrected chi connectivity index (χ1v) is 20.5. The predicted octanol–water partition coefficient (Wildman–Crippen LogP) is 9.58. The van der Waals surface area contributed by atoms with Gasteiger partial charge < -0.3 is 24.4 Å². The van der Waals surface area contributed by atoms with E-state index in [2.05, 4.69) is 137 Å². The second-order valence-electron chi connectivity index (χ2n) is 15.4. The lowest BCUT2D eigenvalue weighted by Gasteiger charge is -2.66. The SMILES string of the molecule is COC[C@@]12CN(C(=O)Nc3ccc(OC)cc3)CCCCN1[C@H](COC(c1ccccc1)(c1ccccc1)c1ccccc1)[C@@H]2c1ccc(C#Cc2ccccc2)cc1. The zero-order valence-electron chi connectivity index (χ0n) is 33.8. The van der Waals surface area contributed by atoms with Crippen LogP contribution in [0.2, 0.25) is 0 Å². The Kier molecular flexibility index (Phi) is 12.2. The summed E-state index contributed by atoms with van der Waals surface area (Å²) >= 11 is 0.